The monoisotopic (exact) mass is 345 g/mol. The summed E-state index contributed by atoms with van der Waals surface area (Å²) in [5.41, 5.74) is 1.40. The third-order valence-electron chi connectivity index (χ3n) is 4.49. The van der Waals surface area contributed by atoms with Crippen molar-refractivity contribution in [2.75, 3.05) is 51.8 Å². The molecule has 0 unspecified atom stereocenters. The summed E-state index contributed by atoms with van der Waals surface area (Å²) in [5.74, 6) is -0.0433. The van der Waals surface area contributed by atoms with Gasteiger partial charge in [0.2, 0.25) is 0 Å². The number of methoxy groups -OCH3 is 1. The number of carbonyl (C=O) groups is 1. The van der Waals surface area contributed by atoms with Gasteiger partial charge < -0.3 is 24.3 Å². The van der Waals surface area contributed by atoms with E-state index in [0.717, 1.165) is 31.9 Å². The topological polar surface area (TPSA) is 74.9 Å². The number of aromatic amines is 1. The van der Waals surface area contributed by atoms with Gasteiger partial charge in [0, 0.05) is 32.2 Å². The standard InChI is InChI=1S/C18H23N3O4/c1-4-25-18(23)12-11-14(22)16-15(24-3)6-5-13(17(16)19-12)21-9-7-20(2)8-10-21/h5-6,11H,4,7-10H2,1-3H3,(H,19,22). The van der Waals surface area contributed by atoms with E-state index in [4.69, 9.17) is 9.47 Å². The van der Waals surface area contributed by atoms with Crippen LogP contribution in [0.3, 0.4) is 0 Å². The molecule has 3 rings (SSSR count). The summed E-state index contributed by atoms with van der Waals surface area (Å²) in [6, 6.07) is 5.00. The minimum atomic E-state index is -0.534. The first-order valence-corrected chi connectivity index (χ1v) is 8.39. The largest absolute Gasteiger partial charge is 0.496 e. The maximum atomic E-state index is 12.6. The van der Waals surface area contributed by atoms with Gasteiger partial charge >= 0.3 is 5.97 Å². The lowest BCUT2D eigenvalue weighted by molar-refractivity contribution is 0.0520. The molecule has 1 N–H and O–H groups in total. The molecule has 0 saturated carbocycles. The van der Waals surface area contributed by atoms with Crippen molar-refractivity contribution in [3.05, 3.63) is 34.1 Å². The summed E-state index contributed by atoms with van der Waals surface area (Å²) in [6.07, 6.45) is 0. The molecule has 1 aromatic carbocycles. The Hall–Kier alpha value is -2.54. The van der Waals surface area contributed by atoms with E-state index in [9.17, 15) is 9.59 Å². The molecule has 2 heterocycles. The van der Waals surface area contributed by atoms with Crippen molar-refractivity contribution >= 4 is 22.6 Å². The van der Waals surface area contributed by atoms with Gasteiger partial charge in [-0.25, -0.2) is 4.79 Å². The predicted molar refractivity (Wildman–Crippen MR) is 96.8 cm³/mol. The lowest BCUT2D eigenvalue weighted by Gasteiger charge is -2.34. The third-order valence-corrected chi connectivity index (χ3v) is 4.49. The van der Waals surface area contributed by atoms with Gasteiger partial charge in [0.05, 0.1) is 30.3 Å². The van der Waals surface area contributed by atoms with Crippen LogP contribution in [0.4, 0.5) is 5.69 Å². The van der Waals surface area contributed by atoms with Crippen LogP contribution in [0.25, 0.3) is 10.9 Å². The molecule has 0 atom stereocenters. The van der Waals surface area contributed by atoms with Crippen molar-refractivity contribution in [1.82, 2.24) is 9.88 Å². The second-order valence-electron chi connectivity index (χ2n) is 6.10. The molecule has 0 amide bonds. The molecular weight excluding hydrogens is 322 g/mol. The van der Waals surface area contributed by atoms with Crippen LogP contribution < -0.4 is 15.1 Å². The maximum Gasteiger partial charge on any atom is 0.354 e. The Bertz CT molecular complexity index is 838. The zero-order chi connectivity index (χ0) is 18.0. The van der Waals surface area contributed by atoms with Crippen LogP contribution in [0, 0.1) is 0 Å². The normalized spacial score (nSPS) is 15.4. The SMILES string of the molecule is CCOC(=O)c1cc(=O)c2c(OC)ccc(N3CCN(C)CC3)c2[nH]1. The fraction of sp³-hybridized carbons (Fsp3) is 0.444. The second kappa shape index (κ2) is 7.14. The van der Waals surface area contributed by atoms with Gasteiger partial charge in [-0.2, -0.15) is 0 Å². The molecule has 1 aliphatic rings. The number of nitrogens with one attached hydrogen (secondary N) is 1. The van der Waals surface area contributed by atoms with E-state index < -0.39 is 5.97 Å². The van der Waals surface area contributed by atoms with E-state index in [-0.39, 0.29) is 17.7 Å². The van der Waals surface area contributed by atoms with Gasteiger partial charge in [-0.05, 0) is 26.1 Å². The smallest absolute Gasteiger partial charge is 0.354 e. The van der Waals surface area contributed by atoms with Crippen molar-refractivity contribution < 1.29 is 14.3 Å². The number of benzene rings is 1. The lowest BCUT2D eigenvalue weighted by atomic mass is 10.1. The van der Waals surface area contributed by atoms with Crippen molar-refractivity contribution in [2.45, 2.75) is 6.92 Å². The van der Waals surface area contributed by atoms with E-state index >= 15 is 0 Å². The quantitative estimate of drug-likeness (QED) is 0.846. The molecule has 134 valence electrons. The number of esters is 1. The first kappa shape index (κ1) is 17.3. The van der Waals surface area contributed by atoms with Gasteiger partial charge in [0.15, 0.2) is 5.43 Å². The van der Waals surface area contributed by atoms with Crippen LogP contribution in [0.15, 0.2) is 23.0 Å². The molecule has 0 spiro atoms. The van der Waals surface area contributed by atoms with Gasteiger partial charge in [-0.1, -0.05) is 0 Å². The Labute approximate surface area is 146 Å². The number of pyridine rings is 1. The maximum absolute atomic E-state index is 12.6. The first-order valence-electron chi connectivity index (χ1n) is 8.39. The zero-order valence-electron chi connectivity index (χ0n) is 14.8. The Morgan fingerprint density at radius 3 is 2.60 bits per heavy atom. The van der Waals surface area contributed by atoms with E-state index in [1.54, 1.807) is 13.0 Å². The summed E-state index contributed by atoms with van der Waals surface area (Å²) in [6.45, 7) is 5.57. The fourth-order valence-electron chi connectivity index (χ4n) is 3.12. The Morgan fingerprint density at radius 1 is 1.24 bits per heavy atom. The highest BCUT2D eigenvalue weighted by atomic mass is 16.5. The van der Waals surface area contributed by atoms with Crippen molar-refractivity contribution in [1.29, 1.82) is 0 Å². The number of carbonyl (C=O) groups excluding carboxylic acids is 1. The Morgan fingerprint density at radius 2 is 1.96 bits per heavy atom. The number of piperazine rings is 1. The molecule has 1 aromatic heterocycles. The Kier molecular flexibility index (Phi) is 4.94. The van der Waals surface area contributed by atoms with Gasteiger partial charge in [0.25, 0.3) is 0 Å². The molecule has 7 heteroatoms. The third kappa shape index (κ3) is 3.32. The second-order valence-corrected chi connectivity index (χ2v) is 6.10. The number of fused-ring (bicyclic) bond motifs is 1. The highest BCUT2D eigenvalue weighted by Crippen LogP contribution is 2.31. The molecule has 0 aliphatic carbocycles. The van der Waals surface area contributed by atoms with E-state index in [2.05, 4.69) is 21.8 Å². The molecular formula is C18H23N3O4. The average Bonchev–Trinajstić information content (AvgIpc) is 2.61. The first-order chi connectivity index (χ1) is 12.0. The number of hydrogen-bond donors (Lipinski definition) is 1. The average molecular weight is 345 g/mol. The van der Waals surface area contributed by atoms with Crippen LogP contribution in [0.2, 0.25) is 0 Å². The summed E-state index contributed by atoms with van der Waals surface area (Å²) < 4.78 is 10.4. The summed E-state index contributed by atoms with van der Waals surface area (Å²) >= 11 is 0. The highest BCUT2D eigenvalue weighted by Gasteiger charge is 2.21. The molecule has 25 heavy (non-hydrogen) atoms. The number of ether oxygens (including phenoxy) is 2. The molecule has 1 aliphatic heterocycles. The summed E-state index contributed by atoms with van der Waals surface area (Å²) in [4.78, 5) is 32.3. The van der Waals surface area contributed by atoms with E-state index in [1.165, 1.54) is 13.2 Å². The van der Waals surface area contributed by atoms with Crippen LogP contribution >= 0.6 is 0 Å². The molecule has 1 fully saturated rings. The minimum Gasteiger partial charge on any atom is -0.496 e. The Balaban J connectivity index is 2.16. The van der Waals surface area contributed by atoms with Gasteiger partial charge in [-0.15, -0.1) is 0 Å². The van der Waals surface area contributed by atoms with Crippen LogP contribution in [0.5, 0.6) is 5.75 Å². The summed E-state index contributed by atoms with van der Waals surface area (Å²) in [7, 11) is 3.62. The number of aromatic nitrogens is 1. The van der Waals surface area contributed by atoms with E-state index in [0.29, 0.717) is 16.7 Å². The van der Waals surface area contributed by atoms with Crippen molar-refractivity contribution in [2.24, 2.45) is 0 Å². The van der Waals surface area contributed by atoms with Crippen LogP contribution in [-0.2, 0) is 4.74 Å². The van der Waals surface area contributed by atoms with Crippen LogP contribution in [0.1, 0.15) is 17.4 Å². The number of nitrogens with zero attached hydrogens (tertiary/aromatic N) is 2. The predicted octanol–water partition coefficient (Wildman–Crippen LogP) is 1.47. The lowest BCUT2D eigenvalue weighted by Crippen LogP contribution is -2.44. The molecule has 2 aromatic rings. The summed E-state index contributed by atoms with van der Waals surface area (Å²) in [5, 5.41) is 0.451. The van der Waals surface area contributed by atoms with Crippen molar-refractivity contribution in [3.8, 4) is 5.75 Å². The molecule has 1 saturated heterocycles. The molecule has 0 bridgehead atoms. The highest BCUT2D eigenvalue weighted by molar-refractivity contribution is 5.98. The fourth-order valence-corrected chi connectivity index (χ4v) is 3.12. The number of rotatable bonds is 4. The van der Waals surface area contributed by atoms with E-state index in [1.807, 2.05) is 6.07 Å². The molecule has 0 radical (unpaired) electrons. The van der Waals surface area contributed by atoms with Gasteiger partial charge in [-0.3, -0.25) is 4.79 Å². The zero-order valence-corrected chi connectivity index (χ0v) is 14.8. The number of likely N-dealkylation sites (N-methyl/N-ethyl adjacent to an activating group) is 1. The van der Waals surface area contributed by atoms with Gasteiger partial charge in [0.1, 0.15) is 11.4 Å². The molecule has 7 nitrogen and oxygen atoms in total. The van der Waals surface area contributed by atoms with Crippen molar-refractivity contribution in [3.63, 3.8) is 0 Å². The minimum absolute atomic E-state index is 0.156. The number of anilines is 1. The number of hydrogen-bond acceptors (Lipinski definition) is 6. The number of H-pyrrole nitrogens is 1. The van der Waals surface area contributed by atoms with Crippen LogP contribution in [-0.4, -0.2) is 62.8 Å².